The second-order valence-electron chi connectivity index (χ2n) is 6.13. The van der Waals surface area contributed by atoms with Crippen LogP contribution in [0.4, 0.5) is 13.2 Å². The number of carbonyl (C=O) groups is 1. The lowest BCUT2D eigenvalue weighted by Crippen LogP contribution is -2.40. The Labute approximate surface area is 151 Å². The number of hydrogen-bond donors (Lipinski definition) is 0. The highest BCUT2D eigenvalue weighted by atomic mass is 35.5. The van der Waals surface area contributed by atoms with E-state index in [1.807, 2.05) is 0 Å². The number of rotatable bonds is 3. The van der Waals surface area contributed by atoms with Crippen molar-refractivity contribution in [3.8, 4) is 0 Å². The summed E-state index contributed by atoms with van der Waals surface area (Å²) in [5.41, 5.74) is -0.751. The Kier molecular flexibility index (Phi) is 5.15. The molecule has 1 aliphatic heterocycles. The van der Waals surface area contributed by atoms with Gasteiger partial charge >= 0.3 is 6.18 Å². The van der Waals surface area contributed by atoms with Gasteiger partial charge < -0.3 is 4.90 Å². The van der Waals surface area contributed by atoms with Crippen molar-refractivity contribution < 1.29 is 18.0 Å². The maximum atomic E-state index is 12.9. The molecule has 3 heterocycles. The molecule has 1 saturated heterocycles. The van der Waals surface area contributed by atoms with E-state index < -0.39 is 11.7 Å². The lowest BCUT2D eigenvalue weighted by molar-refractivity contribution is -0.138. The number of thioether (sulfide) groups is 1. The molecule has 0 saturated carbocycles. The van der Waals surface area contributed by atoms with Crippen molar-refractivity contribution in [2.24, 2.45) is 5.92 Å². The molecule has 3 rings (SSSR count). The number of hydrogen-bond acceptors (Lipinski definition) is 4. The van der Waals surface area contributed by atoms with Crippen LogP contribution in [-0.4, -0.2) is 44.2 Å². The normalized spacial score (nSPS) is 18.8. The van der Waals surface area contributed by atoms with Crippen LogP contribution in [0.3, 0.4) is 0 Å². The summed E-state index contributed by atoms with van der Waals surface area (Å²) in [5, 5.41) is 7.75. The van der Waals surface area contributed by atoms with E-state index in [0.717, 1.165) is 36.9 Å². The Morgan fingerprint density at radius 3 is 2.88 bits per heavy atom. The number of alkyl halides is 3. The molecule has 1 fully saturated rings. The summed E-state index contributed by atoms with van der Waals surface area (Å²) in [4.78, 5) is 14.1. The zero-order valence-electron chi connectivity index (χ0n) is 13.4. The van der Waals surface area contributed by atoms with Gasteiger partial charge in [-0.25, -0.2) is 0 Å². The van der Waals surface area contributed by atoms with E-state index in [1.165, 1.54) is 4.40 Å². The molecule has 1 unspecified atom stereocenters. The fourth-order valence-electron chi connectivity index (χ4n) is 2.82. The van der Waals surface area contributed by atoms with Crippen molar-refractivity contribution in [2.45, 2.75) is 31.1 Å². The van der Waals surface area contributed by atoms with Gasteiger partial charge in [-0.2, -0.15) is 13.2 Å². The van der Waals surface area contributed by atoms with Gasteiger partial charge in [0.05, 0.1) is 16.3 Å². The largest absolute Gasteiger partial charge is 0.417 e. The molecular weight excluding hydrogens is 377 g/mol. The summed E-state index contributed by atoms with van der Waals surface area (Å²) < 4.78 is 40.0. The number of halogens is 4. The Morgan fingerprint density at radius 1 is 1.44 bits per heavy atom. The molecule has 0 radical (unpaired) electrons. The maximum absolute atomic E-state index is 12.9. The van der Waals surface area contributed by atoms with Gasteiger partial charge in [0, 0.05) is 19.3 Å². The van der Waals surface area contributed by atoms with Gasteiger partial charge in [-0.15, -0.1) is 10.2 Å². The number of carbonyl (C=O) groups excluding carboxylic acids is 1. The molecule has 1 amide bonds. The molecule has 0 aliphatic carbocycles. The highest BCUT2D eigenvalue weighted by Crippen LogP contribution is 2.33. The average Bonchev–Trinajstić information content (AvgIpc) is 2.95. The molecule has 0 spiro atoms. The Hall–Kier alpha value is -1.48. The van der Waals surface area contributed by atoms with Crippen LogP contribution in [0.5, 0.6) is 0 Å². The first-order valence-electron chi connectivity index (χ1n) is 7.77. The lowest BCUT2D eigenvalue weighted by Gasteiger charge is -2.30. The van der Waals surface area contributed by atoms with E-state index in [2.05, 4.69) is 17.1 Å². The predicted octanol–water partition coefficient (Wildman–Crippen LogP) is 3.75. The van der Waals surface area contributed by atoms with Crippen molar-refractivity contribution >= 4 is 34.9 Å². The van der Waals surface area contributed by atoms with Crippen LogP contribution in [0, 0.1) is 5.92 Å². The van der Waals surface area contributed by atoms with E-state index in [-0.39, 0.29) is 27.5 Å². The third-order valence-electron chi connectivity index (χ3n) is 4.09. The standard InChI is InChI=1S/C15H16ClF3N4OS/c1-9-3-2-4-22(6-9)12(24)8-25-14-21-20-13-11(16)5-10(7-23(13)14)15(17,18)19/h5,7,9H,2-4,6,8H2,1H3. The van der Waals surface area contributed by atoms with E-state index in [9.17, 15) is 18.0 Å². The molecule has 2 aromatic heterocycles. The Bertz CT molecular complexity index is 795. The van der Waals surface area contributed by atoms with Crippen LogP contribution in [0.1, 0.15) is 25.3 Å². The lowest BCUT2D eigenvalue weighted by atomic mass is 10.0. The van der Waals surface area contributed by atoms with Crippen LogP contribution in [0.15, 0.2) is 17.4 Å². The smallest absolute Gasteiger partial charge is 0.342 e. The number of piperidine rings is 1. The van der Waals surface area contributed by atoms with Crippen molar-refractivity contribution in [1.82, 2.24) is 19.5 Å². The summed E-state index contributed by atoms with van der Waals surface area (Å²) in [5.74, 6) is 0.512. The van der Waals surface area contributed by atoms with Gasteiger partial charge in [0.25, 0.3) is 0 Å². The second kappa shape index (κ2) is 7.03. The number of nitrogens with zero attached hydrogens (tertiary/aromatic N) is 4. The SMILES string of the molecule is CC1CCCN(C(=O)CSc2nnc3c(Cl)cc(C(F)(F)F)cn23)C1. The van der Waals surface area contributed by atoms with Crippen LogP contribution in [0.25, 0.3) is 5.65 Å². The Balaban J connectivity index is 1.77. The first-order chi connectivity index (χ1) is 11.8. The zero-order valence-corrected chi connectivity index (χ0v) is 15.0. The number of fused-ring (bicyclic) bond motifs is 1. The molecule has 1 atom stereocenters. The topological polar surface area (TPSA) is 50.5 Å². The molecule has 2 aromatic rings. The molecule has 25 heavy (non-hydrogen) atoms. The molecular formula is C15H16ClF3N4OS. The van der Waals surface area contributed by atoms with Crippen LogP contribution in [-0.2, 0) is 11.0 Å². The number of amides is 1. The fraction of sp³-hybridized carbons (Fsp3) is 0.533. The number of aromatic nitrogens is 3. The van der Waals surface area contributed by atoms with Crippen LogP contribution in [0.2, 0.25) is 5.02 Å². The van der Waals surface area contributed by atoms with E-state index in [4.69, 9.17) is 11.6 Å². The first kappa shape index (κ1) is 18.3. The molecule has 5 nitrogen and oxygen atoms in total. The predicted molar refractivity (Wildman–Crippen MR) is 88.7 cm³/mol. The van der Waals surface area contributed by atoms with E-state index in [1.54, 1.807) is 4.90 Å². The van der Waals surface area contributed by atoms with Crippen molar-refractivity contribution in [2.75, 3.05) is 18.8 Å². The first-order valence-corrected chi connectivity index (χ1v) is 9.14. The zero-order chi connectivity index (χ0) is 18.2. The highest BCUT2D eigenvalue weighted by molar-refractivity contribution is 7.99. The molecule has 136 valence electrons. The summed E-state index contributed by atoms with van der Waals surface area (Å²) in [6, 6.07) is 0.820. The highest BCUT2D eigenvalue weighted by Gasteiger charge is 2.32. The minimum Gasteiger partial charge on any atom is -0.342 e. The molecule has 0 N–H and O–H groups in total. The van der Waals surface area contributed by atoms with Gasteiger partial charge in [0.15, 0.2) is 10.8 Å². The number of likely N-dealkylation sites (tertiary alicyclic amines) is 1. The molecule has 1 aliphatic rings. The third-order valence-corrected chi connectivity index (χ3v) is 5.30. The quantitative estimate of drug-likeness (QED) is 0.746. The minimum atomic E-state index is -4.52. The van der Waals surface area contributed by atoms with Gasteiger partial charge in [-0.3, -0.25) is 9.20 Å². The molecule has 0 bridgehead atoms. The maximum Gasteiger partial charge on any atom is 0.417 e. The third kappa shape index (κ3) is 4.03. The van der Waals surface area contributed by atoms with Crippen LogP contribution >= 0.6 is 23.4 Å². The second-order valence-corrected chi connectivity index (χ2v) is 7.48. The van der Waals surface area contributed by atoms with Crippen molar-refractivity contribution in [3.63, 3.8) is 0 Å². The Morgan fingerprint density at radius 2 is 2.20 bits per heavy atom. The van der Waals surface area contributed by atoms with Crippen LogP contribution < -0.4 is 0 Å². The summed E-state index contributed by atoms with van der Waals surface area (Å²) in [6.45, 7) is 3.53. The molecule has 10 heteroatoms. The fourth-order valence-corrected chi connectivity index (χ4v) is 3.88. The average molecular weight is 393 g/mol. The van der Waals surface area contributed by atoms with E-state index in [0.29, 0.717) is 19.0 Å². The van der Waals surface area contributed by atoms with Gasteiger partial charge in [-0.1, -0.05) is 30.3 Å². The minimum absolute atomic E-state index is 0.0497. The number of pyridine rings is 1. The summed E-state index contributed by atoms with van der Waals surface area (Å²) in [6.07, 6.45) is -1.55. The van der Waals surface area contributed by atoms with Gasteiger partial charge in [0.2, 0.25) is 5.91 Å². The molecule has 0 aromatic carbocycles. The summed E-state index contributed by atoms with van der Waals surface area (Å²) >= 11 is 6.93. The monoisotopic (exact) mass is 392 g/mol. The summed E-state index contributed by atoms with van der Waals surface area (Å²) in [7, 11) is 0. The van der Waals surface area contributed by atoms with Crippen molar-refractivity contribution in [3.05, 3.63) is 22.8 Å². The van der Waals surface area contributed by atoms with Gasteiger partial charge in [-0.05, 0) is 24.8 Å². The van der Waals surface area contributed by atoms with E-state index >= 15 is 0 Å². The van der Waals surface area contributed by atoms with Crippen molar-refractivity contribution in [1.29, 1.82) is 0 Å². The van der Waals surface area contributed by atoms with Gasteiger partial charge in [0.1, 0.15) is 0 Å².